The number of hydrogen-bond acceptors (Lipinski definition) is 5. The predicted molar refractivity (Wildman–Crippen MR) is 81.1 cm³/mol. The average Bonchev–Trinajstić information content (AvgIpc) is 3.25. The molecule has 1 N–H and O–H groups in total. The molecule has 5 nitrogen and oxygen atoms in total. The largest absolute Gasteiger partial charge is 0.486 e. The van der Waals surface area contributed by atoms with E-state index in [-0.39, 0.29) is 11.8 Å². The lowest BCUT2D eigenvalue weighted by Crippen LogP contribution is -2.21. The molecule has 1 fully saturated rings. The van der Waals surface area contributed by atoms with Gasteiger partial charge in [-0.3, -0.25) is 4.79 Å². The zero-order chi connectivity index (χ0) is 14.4. The molecule has 2 aliphatic rings. The van der Waals surface area contributed by atoms with Crippen molar-refractivity contribution in [3.63, 3.8) is 0 Å². The molecule has 1 aliphatic heterocycles. The minimum absolute atomic E-state index is 0.0637. The predicted octanol–water partition coefficient (Wildman–Crippen LogP) is 3.05. The van der Waals surface area contributed by atoms with E-state index in [0.29, 0.717) is 24.3 Å². The maximum absolute atomic E-state index is 12.1. The Hall–Kier alpha value is -1.82. The Morgan fingerprint density at radius 2 is 2.05 bits per heavy atom. The molecule has 1 atom stereocenters. The molecule has 1 aromatic carbocycles. The van der Waals surface area contributed by atoms with Gasteiger partial charge in [-0.1, -0.05) is 18.3 Å². The average molecular weight is 304 g/mol. The molecular weight excluding hydrogens is 288 g/mol. The second-order valence-electron chi connectivity index (χ2n) is 5.60. The smallest absolute Gasteiger partial charge is 0.229 e. The highest BCUT2D eigenvalue weighted by atomic mass is 32.1. The van der Waals surface area contributed by atoms with Gasteiger partial charge in [-0.05, 0) is 18.8 Å². The molecule has 0 bridgehead atoms. The van der Waals surface area contributed by atoms with Crippen LogP contribution in [0.5, 0.6) is 11.5 Å². The fraction of sp³-hybridized carbons (Fsp3) is 0.467. The van der Waals surface area contributed by atoms with Crippen molar-refractivity contribution in [1.82, 2.24) is 4.98 Å². The van der Waals surface area contributed by atoms with Crippen molar-refractivity contribution < 1.29 is 14.3 Å². The van der Waals surface area contributed by atoms with Crippen molar-refractivity contribution in [3.8, 4) is 11.5 Å². The Bertz CT molecular complexity index is 665. The summed E-state index contributed by atoms with van der Waals surface area (Å²) in [5.74, 6) is 2.16. The molecule has 1 unspecified atom stereocenters. The molecule has 2 aromatic rings. The Balaban J connectivity index is 1.59. The van der Waals surface area contributed by atoms with Crippen molar-refractivity contribution in [2.24, 2.45) is 11.8 Å². The van der Waals surface area contributed by atoms with Crippen LogP contribution >= 0.6 is 11.3 Å². The van der Waals surface area contributed by atoms with Gasteiger partial charge in [0.2, 0.25) is 5.91 Å². The molecule has 21 heavy (non-hydrogen) atoms. The number of ether oxygens (including phenoxy) is 2. The first-order chi connectivity index (χ1) is 10.2. The number of thiazole rings is 1. The zero-order valence-electron chi connectivity index (χ0n) is 11.7. The van der Waals surface area contributed by atoms with Crippen LogP contribution in [0.2, 0.25) is 0 Å². The fourth-order valence-corrected chi connectivity index (χ4v) is 3.43. The molecule has 110 valence electrons. The Labute approximate surface area is 126 Å². The molecule has 2 heterocycles. The number of nitrogens with one attached hydrogen (secondary N) is 1. The summed E-state index contributed by atoms with van der Waals surface area (Å²) in [6, 6.07) is 3.81. The summed E-state index contributed by atoms with van der Waals surface area (Å²) < 4.78 is 12.1. The summed E-state index contributed by atoms with van der Waals surface area (Å²) in [5.41, 5.74) is 0.832. The molecule has 0 saturated heterocycles. The molecule has 1 amide bonds. The van der Waals surface area contributed by atoms with E-state index in [1.165, 1.54) is 11.3 Å². The van der Waals surface area contributed by atoms with Crippen LogP contribution in [-0.4, -0.2) is 24.1 Å². The summed E-state index contributed by atoms with van der Waals surface area (Å²) in [7, 11) is 0. The van der Waals surface area contributed by atoms with Crippen molar-refractivity contribution >= 4 is 32.6 Å². The molecule has 6 heteroatoms. The van der Waals surface area contributed by atoms with Crippen molar-refractivity contribution in [3.05, 3.63) is 12.1 Å². The SMILES string of the molecule is CC(C(=O)Nc1nc2cc3c(cc2s1)OCCO3)C1CC1. The van der Waals surface area contributed by atoms with Crippen LogP contribution in [0.25, 0.3) is 10.2 Å². The molecule has 1 saturated carbocycles. The van der Waals surface area contributed by atoms with Crippen LogP contribution in [0.3, 0.4) is 0 Å². The van der Waals surface area contributed by atoms with Gasteiger partial charge >= 0.3 is 0 Å². The lowest BCUT2D eigenvalue weighted by atomic mass is 10.1. The number of anilines is 1. The number of hydrogen-bond donors (Lipinski definition) is 1. The minimum atomic E-state index is 0.0637. The van der Waals surface area contributed by atoms with Gasteiger partial charge in [0.1, 0.15) is 13.2 Å². The second kappa shape index (κ2) is 4.87. The maximum atomic E-state index is 12.1. The number of benzene rings is 1. The Kier molecular flexibility index (Phi) is 2.99. The van der Waals surface area contributed by atoms with Gasteiger partial charge in [-0.2, -0.15) is 0 Å². The number of nitrogens with zero attached hydrogens (tertiary/aromatic N) is 1. The lowest BCUT2D eigenvalue weighted by molar-refractivity contribution is -0.119. The number of aromatic nitrogens is 1. The van der Waals surface area contributed by atoms with Gasteiger partial charge in [-0.15, -0.1) is 0 Å². The van der Waals surface area contributed by atoms with Crippen molar-refractivity contribution in [2.75, 3.05) is 18.5 Å². The number of fused-ring (bicyclic) bond motifs is 2. The van der Waals surface area contributed by atoms with Crippen LogP contribution in [0, 0.1) is 11.8 Å². The highest BCUT2D eigenvalue weighted by molar-refractivity contribution is 7.22. The van der Waals surface area contributed by atoms with E-state index in [1.807, 2.05) is 19.1 Å². The number of carbonyl (C=O) groups is 1. The van der Waals surface area contributed by atoms with E-state index in [1.54, 1.807) is 0 Å². The fourth-order valence-electron chi connectivity index (χ4n) is 2.55. The zero-order valence-corrected chi connectivity index (χ0v) is 12.5. The van der Waals surface area contributed by atoms with Gasteiger partial charge in [0.25, 0.3) is 0 Å². The first-order valence-corrected chi connectivity index (χ1v) is 8.03. The quantitative estimate of drug-likeness (QED) is 0.946. The minimum Gasteiger partial charge on any atom is -0.486 e. The monoisotopic (exact) mass is 304 g/mol. The Morgan fingerprint density at radius 1 is 1.33 bits per heavy atom. The van der Waals surface area contributed by atoms with E-state index in [4.69, 9.17) is 9.47 Å². The molecule has 1 aliphatic carbocycles. The molecule has 4 rings (SSSR count). The topological polar surface area (TPSA) is 60.5 Å². The third-order valence-corrected chi connectivity index (χ3v) is 4.96. The molecule has 0 spiro atoms. The van der Waals surface area contributed by atoms with Crippen LogP contribution in [0.1, 0.15) is 19.8 Å². The van der Waals surface area contributed by atoms with Gasteiger partial charge in [0.05, 0.1) is 10.2 Å². The van der Waals surface area contributed by atoms with Crippen molar-refractivity contribution in [1.29, 1.82) is 0 Å². The van der Waals surface area contributed by atoms with Crippen LogP contribution in [0.15, 0.2) is 12.1 Å². The van der Waals surface area contributed by atoms with Crippen molar-refractivity contribution in [2.45, 2.75) is 19.8 Å². The second-order valence-corrected chi connectivity index (χ2v) is 6.63. The summed E-state index contributed by atoms with van der Waals surface area (Å²) in [6.45, 7) is 3.12. The van der Waals surface area contributed by atoms with E-state index < -0.39 is 0 Å². The Morgan fingerprint density at radius 3 is 2.76 bits per heavy atom. The van der Waals surface area contributed by atoms with E-state index in [9.17, 15) is 4.79 Å². The van der Waals surface area contributed by atoms with Crippen LogP contribution in [-0.2, 0) is 4.79 Å². The first kappa shape index (κ1) is 12.9. The third kappa shape index (κ3) is 2.44. The summed E-state index contributed by atoms with van der Waals surface area (Å²) >= 11 is 1.47. The number of rotatable bonds is 3. The molecule has 0 radical (unpaired) electrons. The highest BCUT2D eigenvalue weighted by Gasteiger charge is 2.32. The van der Waals surface area contributed by atoms with E-state index in [0.717, 1.165) is 34.6 Å². The normalized spacial score (nSPS) is 18.5. The summed E-state index contributed by atoms with van der Waals surface area (Å²) in [4.78, 5) is 16.6. The van der Waals surface area contributed by atoms with Crippen LogP contribution in [0.4, 0.5) is 5.13 Å². The number of amides is 1. The van der Waals surface area contributed by atoms with E-state index >= 15 is 0 Å². The third-order valence-electron chi connectivity index (χ3n) is 4.03. The summed E-state index contributed by atoms with van der Waals surface area (Å²) in [6.07, 6.45) is 2.33. The van der Waals surface area contributed by atoms with E-state index in [2.05, 4.69) is 10.3 Å². The van der Waals surface area contributed by atoms with Gasteiger partial charge in [0.15, 0.2) is 16.6 Å². The first-order valence-electron chi connectivity index (χ1n) is 7.22. The summed E-state index contributed by atoms with van der Waals surface area (Å²) in [5, 5.41) is 3.57. The van der Waals surface area contributed by atoms with Crippen LogP contribution < -0.4 is 14.8 Å². The highest BCUT2D eigenvalue weighted by Crippen LogP contribution is 2.39. The maximum Gasteiger partial charge on any atom is 0.229 e. The van der Waals surface area contributed by atoms with Gasteiger partial charge in [-0.25, -0.2) is 4.98 Å². The van der Waals surface area contributed by atoms with Gasteiger partial charge < -0.3 is 14.8 Å². The standard InChI is InChI=1S/C15H16N2O3S/c1-8(9-2-3-9)14(18)17-15-16-10-6-11-12(7-13(10)21-15)20-5-4-19-11/h6-9H,2-5H2,1H3,(H,16,17,18). The van der Waals surface area contributed by atoms with Gasteiger partial charge in [0, 0.05) is 18.1 Å². The lowest BCUT2D eigenvalue weighted by Gasteiger charge is -2.17. The molecule has 1 aromatic heterocycles. The molecular formula is C15H16N2O3S. The number of carbonyl (C=O) groups excluding carboxylic acids is 1.